The number of carbonyl (C=O) groups is 1. The number of benzene rings is 1. The molecule has 1 fully saturated rings. The molecular formula is C14H17N3O4S. The molecule has 3 rings (SSSR count). The van der Waals surface area contributed by atoms with Gasteiger partial charge in [0.15, 0.2) is 0 Å². The Kier molecular flexibility index (Phi) is 3.65. The highest BCUT2D eigenvalue weighted by molar-refractivity contribution is 7.90. The summed E-state index contributed by atoms with van der Waals surface area (Å²) in [7, 11) is -2.24. The largest absolute Gasteiger partial charge is 0.277 e. The molecule has 1 aromatic carbocycles. The fraction of sp³-hybridized carbons (Fsp3) is 0.429. The molecule has 1 amide bonds. The van der Waals surface area contributed by atoms with Gasteiger partial charge < -0.3 is 0 Å². The van der Waals surface area contributed by atoms with E-state index in [0.29, 0.717) is 18.4 Å². The molecule has 22 heavy (non-hydrogen) atoms. The minimum absolute atomic E-state index is 0.189. The van der Waals surface area contributed by atoms with E-state index in [1.54, 1.807) is 18.2 Å². The van der Waals surface area contributed by atoms with Crippen LogP contribution in [-0.4, -0.2) is 32.8 Å². The highest BCUT2D eigenvalue weighted by Gasteiger charge is 2.43. The molecule has 8 heteroatoms. The summed E-state index contributed by atoms with van der Waals surface area (Å²) in [5, 5.41) is 0. The van der Waals surface area contributed by atoms with Crippen LogP contribution in [0.25, 0.3) is 0 Å². The molecule has 0 unspecified atom stereocenters. The molecule has 0 spiro atoms. The lowest BCUT2D eigenvalue weighted by Gasteiger charge is -2.23. The number of hydrogen-bond donors (Lipinski definition) is 2. The second-order valence-corrected chi connectivity index (χ2v) is 7.09. The maximum Gasteiger partial charge on any atom is 0.271 e. The average molecular weight is 323 g/mol. The van der Waals surface area contributed by atoms with Gasteiger partial charge in [-0.1, -0.05) is 25.0 Å². The first-order valence-electron chi connectivity index (χ1n) is 7.04. The van der Waals surface area contributed by atoms with E-state index in [1.807, 2.05) is 0 Å². The number of nitrogens with zero attached hydrogens (tertiary/aromatic N) is 1. The molecule has 1 aliphatic heterocycles. The van der Waals surface area contributed by atoms with Crippen molar-refractivity contribution in [2.75, 3.05) is 7.11 Å². The molecule has 2 N–H and O–H groups in total. The summed E-state index contributed by atoms with van der Waals surface area (Å²) in [6.07, 6.45) is 2.86. The van der Waals surface area contributed by atoms with Crippen molar-refractivity contribution < 1.29 is 18.0 Å². The van der Waals surface area contributed by atoms with Crippen LogP contribution in [0.3, 0.4) is 0 Å². The number of hydrogen-bond acceptors (Lipinski definition) is 5. The monoisotopic (exact) mass is 323 g/mol. The fourth-order valence-corrected chi connectivity index (χ4v) is 4.20. The van der Waals surface area contributed by atoms with Crippen molar-refractivity contribution >= 4 is 21.8 Å². The van der Waals surface area contributed by atoms with E-state index in [1.165, 1.54) is 13.2 Å². The quantitative estimate of drug-likeness (QED) is 0.801. The second-order valence-electron chi connectivity index (χ2n) is 5.44. The predicted octanol–water partition coefficient (Wildman–Crippen LogP) is 0.715. The van der Waals surface area contributed by atoms with Crippen LogP contribution in [0, 0.1) is 0 Å². The number of aliphatic imine (C=N–C) groups is 1. The van der Waals surface area contributed by atoms with E-state index in [4.69, 9.17) is 4.84 Å². The topological polar surface area (TPSA) is 96.9 Å². The lowest BCUT2D eigenvalue weighted by Crippen LogP contribution is -2.44. The molecule has 2 aliphatic rings. The van der Waals surface area contributed by atoms with Crippen LogP contribution in [0.15, 0.2) is 34.2 Å². The number of amides is 1. The van der Waals surface area contributed by atoms with Crippen LogP contribution in [-0.2, 0) is 19.7 Å². The Hall–Kier alpha value is -1.93. The Morgan fingerprint density at radius 1 is 1.32 bits per heavy atom. The number of fused-ring (bicyclic) bond motifs is 1. The summed E-state index contributed by atoms with van der Waals surface area (Å²) >= 11 is 0. The maximum absolute atomic E-state index is 12.3. The third-order valence-electron chi connectivity index (χ3n) is 4.04. The molecule has 1 heterocycles. The first-order valence-corrected chi connectivity index (χ1v) is 8.52. The first kappa shape index (κ1) is 15.0. The highest BCUT2D eigenvalue weighted by Crippen LogP contribution is 2.35. The minimum atomic E-state index is -3.60. The Balaban J connectivity index is 2.06. The van der Waals surface area contributed by atoms with Crippen LogP contribution < -0.4 is 10.2 Å². The van der Waals surface area contributed by atoms with Crippen molar-refractivity contribution in [2.45, 2.75) is 36.1 Å². The average Bonchev–Trinajstić information content (AvgIpc) is 3.05. The van der Waals surface area contributed by atoms with Gasteiger partial charge in [0.2, 0.25) is 0 Å². The molecule has 0 saturated heterocycles. The summed E-state index contributed by atoms with van der Waals surface area (Å²) in [5.74, 6) is -0.118. The van der Waals surface area contributed by atoms with Crippen molar-refractivity contribution in [1.29, 1.82) is 0 Å². The molecule has 1 aliphatic carbocycles. The van der Waals surface area contributed by atoms with Crippen LogP contribution in [0.5, 0.6) is 0 Å². The van der Waals surface area contributed by atoms with Crippen LogP contribution in [0.2, 0.25) is 0 Å². The SMILES string of the molecule is CONC(=O)C1(N=C2NS(=O)(=O)c3ccccc32)CCCC1. The number of sulfonamides is 1. The van der Waals surface area contributed by atoms with Crippen LogP contribution in [0.4, 0.5) is 0 Å². The van der Waals surface area contributed by atoms with Gasteiger partial charge in [0.1, 0.15) is 11.4 Å². The van der Waals surface area contributed by atoms with Gasteiger partial charge in [0, 0.05) is 5.56 Å². The summed E-state index contributed by atoms with van der Waals surface area (Å²) in [5.41, 5.74) is 1.84. The summed E-state index contributed by atoms with van der Waals surface area (Å²) < 4.78 is 26.7. The third kappa shape index (κ3) is 2.38. The summed E-state index contributed by atoms with van der Waals surface area (Å²) in [4.78, 5) is 21.7. The summed E-state index contributed by atoms with van der Waals surface area (Å²) in [6.45, 7) is 0. The Morgan fingerprint density at radius 3 is 2.68 bits per heavy atom. The van der Waals surface area contributed by atoms with Crippen molar-refractivity contribution in [2.24, 2.45) is 4.99 Å². The highest BCUT2D eigenvalue weighted by atomic mass is 32.2. The van der Waals surface area contributed by atoms with Crippen molar-refractivity contribution in [3.8, 4) is 0 Å². The van der Waals surface area contributed by atoms with E-state index < -0.39 is 15.6 Å². The molecule has 1 saturated carbocycles. The molecule has 1 aromatic rings. The van der Waals surface area contributed by atoms with Gasteiger partial charge >= 0.3 is 0 Å². The Morgan fingerprint density at radius 2 is 2.00 bits per heavy atom. The van der Waals surface area contributed by atoms with Gasteiger partial charge in [-0.2, -0.15) is 0 Å². The van der Waals surface area contributed by atoms with Gasteiger partial charge in [0.05, 0.1) is 12.0 Å². The fourth-order valence-electron chi connectivity index (χ4n) is 2.97. The lowest BCUT2D eigenvalue weighted by atomic mass is 9.97. The van der Waals surface area contributed by atoms with Crippen molar-refractivity contribution in [3.63, 3.8) is 0 Å². The third-order valence-corrected chi connectivity index (χ3v) is 5.43. The van der Waals surface area contributed by atoms with E-state index in [0.717, 1.165) is 12.8 Å². The van der Waals surface area contributed by atoms with E-state index >= 15 is 0 Å². The van der Waals surface area contributed by atoms with Gasteiger partial charge in [0.25, 0.3) is 15.9 Å². The Bertz CT molecular complexity index is 736. The van der Waals surface area contributed by atoms with Crippen LogP contribution in [0.1, 0.15) is 31.2 Å². The number of rotatable bonds is 3. The normalized spacial score (nSPS) is 23.0. The summed E-state index contributed by atoms with van der Waals surface area (Å²) in [6, 6.07) is 6.61. The predicted molar refractivity (Wildman–Crippen MR) is 79.7 cm³/mol. The molecule has 118 valence electrons. The Labute approximate surface area is 128 Å². The van der Waals surface area contributed by atoms with Gasteiger partial charge in [-0.05, 0) is 25.0 Å². The van der Waals surface area contributed by atoms with Crippen molar-refractivity contribution in [1.82, 2.24) is 10.2 Å². The van der Waals surface area contributed by atoms with Crippen LogP contribution >= 0.6 is 0 Å². The zero-order chi connectivity index (χ0) is 15.8. The van der Waals surface area contributed by atoms with Gasteiger partial charge in [-0.3, -0.25) is 19.3 Å². The maximum atomic E-state index is 12.3. The lowest BCUT2D eigenvalue weighted by molar-refractivity contribution is -0.136. The first-order chi connectivity index (χ1) is 10.5. The second kappa shape index (κ2) is 5.36. The van der Waals surface area contributed by atoms with Gasteiger partial charge in [-0.25, -0.2) is 13.9 Å². The standard InChI is InChI=1S/C14H17N3O4S/c1-21-16-13(18)14(8-4-5-9-14)15-12-10-6-2-3-7-11(10)22(19,20)17-12/h2-3,6-7H,4-5,8-9H2,1H3,(H,15,17)(H,16,18). The smallest absolute Gasteiger partial charge is 0.271 e. The number of carbonyl (C=O) groups excluding carboxylic acids is 1. The van der Waals surface area contributed by atoms with Gasteiger partial charge in [-0.15, -0.1) is 0 Å². The van der Waals surface area contributed by atoms with E-state index in [2.05, 4.69) is 15.2 Å². The van der Waals surface area contributed by atoms with Crippen molar-refractivity contribution in [3.05, 3.63) is 29.8 Å². The number of nitrogens with one attached hydrogen (secondary N) is 2. The number of amidine groups is 1. The molecule has 0 atom stereocenters. The minimum Gasteiger partial charge on any atom is -0.277 e. The molecule has 0 bridgehead atoms. The molecule has 0 radical (unpaired) electrons. The molecule has 7 nitrogen and oxygen atoms in total. The zero-order valence-electron chi connectivity index (χ0n) is 12.1. The van der Waals surface area contributed by atoms with E-state index in [-0.39, 0.29) is 16.6 Å². The molecular weight excluding hydrogens is 306 g/mol. The molecule has 0 aromatic heterocycles. The number of hydroxylamine groups is 1. The zero-order valence-corrected chi connectivity index (χ0v) is 12.9. The van der Waals surface area contributed by atoms with E-state index in [9.17, 15) is 13.2 Å².